The number of benzene rings is 1. The van der Waals surface area contributed by atoms with Gasteiger partial charge in [-0.05, 0) is 31.2 Å². The van der Waals surface area contributed by atoms with E-state index in [0.29, 0.717) is 6.61 Å². The van der Waals surface area contributed by atoms with Crippen LogP contribution >= 0.6 is 0 Å². The average molecular weight is 204 g/mol. The van der Waals surface area contributed by atoms with Crippen molar-refractivity contribution in [2.24, 2.45) is 0 Å². The Bertz CT molecular complexity index is 382. The number of methoxy groups -OCH3 is 1. The van der Waals surface area contributed by atoms with E-state index in [2.05, 4.69) is 16.6 Å². The third-order valence-corrected chi connectivity index (χ3v) is 1.66. The van der Waals surface area contributed by atoms with E-state index in [0.717, 1.165) is 11.3 Å². The first-order valence-electron chi connectivity index (χ1n) is 4.59. The van der Waals surface area contributed by atoms with Crippen molar-refractivity contribution in [3.05, 3.63) is 29.8 Å². The van der Waals surface area contributed by atoms with E-state index in [9.17, 15) is 4.79 Å². The van der Waals surface area contributed by atoms with Crippen LogP contribution in [0.2, 0.25) is 0 Å². The predicted octanol–water partition coefficient (Wildman–Crippen LogP) is 1.61. The maximum Gasteiger partial charge on any atom is 0.384 e. The molecule has 0 N–H and O–H groups in total. The minimum atomic E-state index is -0.538. The van der Waals surface area contributed by atoms with Crippen LogP contribution in [0.1, 0.15) is 12.5 Å². The zero-order valence-electron chi connectivity index (χ0n) is 8.74. The fourth-order valence-electron chi connectivity index (χ4n) is 0.975. The Balaban J connectivity index is 2.70. The van der Waals surface area contributed by atoms with E-state index in [1.807, 2.05) is 19.1 Å². The van der Waals surface area contributed by atoms with Crippen molar-refractivity contribution in [3.63, 3.8) is 0 Å². The number of carbonyl (C=O) groups excluding carboxylic acids is 1. The van der Waals surface area contributed by atoms with Crippen molar-refractivity contribution in [3.8, 4) is 17.6 Å². The van der Waals surface area contributed by atoms with Gasteiger partial charge in [-0.2, -0.15) is 0 Å². The number of hydrogen-bond acceptors (Lipinski definition) is 3. The van der Waals surface area contributed by atoms with Gasteiger partial charge in [0.15, 0.2) is 0 Å². The van der Waals surface area contributed by atoms with Gasteiger partial charge in [-0.15, -0.1) is 0 Å². The minimum Gasteiger partial charge on any atom is -0.494 e. The van der Waals surface area contributed by atoms with E-state index >= 15 is 0 Å². The number of hydrogen-bond donors (Lipinski definition) is 0. The lowest BCUT2D eigenvalue weighted by molar-refractivity contribution is -0.133. The highest BCUT2D eigenvalue weighted by Crippen LogP contribution is 2.10. The molecule has 0 radical (unpaired) electrons. The summed E-state index contributed by atoms with van der Waals surface area (Å²) in [5.74, 6) is 5.29. The van der Waals surface area contributed by atoms with Gasteiger partial charge < -0.3 is 9.47 Å². The second kappa shape index (κ2) is 5.71. The predicted molar refractivity (Wildman–Crippen MR) is 56.5 cm³/mol. The summed E-state index contributed by atoms with van der Waals surface area (Å²) in [6.45, 7) is 2.55. The first kappa shape index (κ1) is 11.1. The fourth-order valence-corrected chi connectivity index (χ4v) is 0.975. The lowest BCUT2D eigenvalue weighted by Crippen LogP contribution is -1.94. The third-order valence-electron chi connectivity index (χ3n) is 1.66. The first-order chi connectivity index (χ1) is 7.26. The van der Waals surface area contributed by atoms with Gasteiger partial charge in [0, 0.05) is 11.5 Å². The normalized spacial score (nSPS) is 8.67. The molecule has 1 aromatic carbocycles. The number of carbonyl (C=O) groups is 1. The van der Waals surface area contributed by atoms with Gasteiger partial charge >= 0.3 is 5.97 Å². The monoisotopic (exact) mass is 204 g/mol. The van der Waals surface area contributed by atoms with Crippen molar-refractivity contribution >= 4 is 5.97 Å². The molecule has 15 heavy (non-hydrogen) atoms. The largest absolute Gasteiger partial charge is 0.494 e. The molecule has 0 bridgehead atoms. The van der Waals surface area contributed by atoms with Crippen molar-refractivity contribution in [2.45, 2.75) is 6.92 Å². The van der Waals surface area contributed by atoms with Crippen LogP contribution in [0.5, 0.6) is 5.75 Å². The summed E-state index contributed by atoms with van der Waals surface area (Å²) in [4.78, 5) is 10.7. The quantitative estimate of drug-likeness (QED) is 0.542. The van der Waals surface area contributed by atoms with Gasteiger partial charge in [0.1, 0.15) is 5.75 Å². The van der Waals surface area contributed by atoms with Gasteiger partial charge in [0.05, 0.1) is 13.7 Å². The Labute approximate surface area is 89.0 Å². The van der Waals surface area contributed by atoms with E-state index in [-0.39, 0.29) is 0 Å². The molecule has 0 unspecified atom stereocenters. The molecule has 0 aromatic heterocycles. The zero-order chi connectivity index (χ0) is 11.1. The van der Waals surface area contributed by atoms with Gasteiger partial charge in [-0.1, -0.05) is 5.92 Å². The summed E-state index contributed by atoms with van der Waals surface area (Å²) in [6.07, 6.45) is 0. The van der Waals surface area contributed by atoms with Crippen molar-refractivity contribution < 1.29 is 14.3 Å². The van der Waals surface area contributed by atoms with Gasteiger partial charge in [0.25, 0.3) is 0 Å². The Morgan fingerprint density at radius 2 is 2.00 bits per heavy atom. The van der Waals surface area contributed by atoms with Crippen LogP contribution in [0.4, 0.5) is 0 Å². The molecule has 0 aliphatic carbocycles. The Morgan fingerprint density at radius 1 is 1.33 bits per heavy atom. The second-order valence-electron chi connectivity index (χ2n) is 2.70. The standard InChI is InChI=1S/C12H12O3/c1-3-15-11-7-4-10(5-8-11)6-9-12(13)14-2/h4-5,7-8H,3H2,1-2H3. The fraction of sp³-hybridized carbons (Fsp3) is 0.250. The molecule has 0 amide bonds. The summed E-state index contributed by atoms with van der Waals surface area (Å²) in [5, 5.41) is 0. The minimum absolute atomic E-state index is 0.538. The SMILES string of the molecule is CCOc1ccc(C#CC(=O)OC)cc1. The number of rotatable bonds is 2. The lowest BCUT2D eigenvalue weighted by atomic mass is 10.2. The molecule has 0 heterocycles. The molecule has 0 spiro atoms. The molecular formula is C12H12O3. The molecule has 1 aromatic rings. The van der Waals surface area contributed by atoms with Crippen LogP contribution in [-0.2, 0) is 9.53 Å². The van der Waals surface area contributed by atoms with Gasteiger partial charge in [-0.25, -0.2) is 4.79 Å². The smallest absolute Gasteiger partial charge is 0.384 e. The van der Waals surface area contributed by atoms with E-state index in [1.165, 1.54) is 7.11 Å². The van der Waals surface area contributed by atoms with Crippen LogP contribution in [0.15, 0.2) is 24.3 Å². The molecule has 0 aliphatic heterocycles. The van der Waals surface area contributed by atoms with E-state index < -0.39 is 5.97 Å². The van der Waals surface area contributed by atoms with Crippen molar-refractivity contribution in [1.82, 2.24) is 0 Å². The van der Waals surface area contributed by atoms with Gasteiger partial charge in [-0.3, -0.25) is 0 Å². The molecular weight excluding hydrogens is 192 g/mol. The Hall–Kier alpha value is -1.95. The second-order valence-corrected chi connectivity index (χ2v) is 2.70. The molecule has 78 valence electrons. The molecule has 0 atom stereocenters. The van der Waals surface area contributed by atoms with Crippen LogP contribution in [0, 0.1) is 11.8 Å². The number of esters is 1. The molecule has 0 fully saturated rings. The molecule has 0 saturated carbocycles. The Morgan fingerprint density at radius 3 is 2.53 bits per heavy atom. The van der Waals surface area contributed by atoms with Crippen LogP contribution in [0.25, 0.3) is 0 Å². The third kappa shape index (κ3) is 3.74. The molecule has 3 heteroatoms. The Kier molecular flexibility index (Phi) is 4.24. The topological polar surface area (TPSA) is 35.5 Å². The maximum absolute atomic E-state index is 10.7. The van der Waals surface area contributed by atoms with Crippen LogP contribution < -0.4 is 4.74 Å². The van der Waals surface area contributed by atoms with Crippen LogP contribution in [-0.4, -0.2) is 19.7 Å². The summed E-state index contributed by atoms with van der Waals surface area (Å²) < 4.78 is 9.66. The molecule has 0 saturated heterocycles. The molecule has 1 rings (SSSR count). The summed E-state index contributed by atoms with van der Waals surface area (Å²) in [5.41, 5.74) is 0.754. The highest BCUT2D eigenvalue weighted by atomic mass is 16.5. The zero-order valence-corrected chi connectivity index (χ0v) is 8.74. The number of ether oxygens (including phenoxy) is 2. The van der Waals surface area contributed by atoms with Crippen molar-refractivity contribution in [1.29, 1.82) is 0 Å². The summed E-state index contributed by atoms with van der Waals surface area (Å²) in [7, 11) is 1.30. The van der Waals surface area contributed by atoms with E-state index in [4.69, 9.17) is 4.74 Å². The van der Waals surface area contributed by atoms with Gasteiger partial charge in [0.2, 0.25) is 0 Å². The summed E-state index contributed by atoms with van der Waals surface area (Å²) in [6, 6.07) is 7.21. The lowest BCUT2D eigenvalue weighted by Gasteiger charge is -2.01. The van der Waals surface area contributed by atoms with Crippen molar-refractivity contribution in [2.75, 3.05) is 13.7 Å². The highest BCUT2D eigenvalue weighted by Gasteiger charge is 1.93. The molecule has 0 aliphatic rings. The summed E-state index contributed by atoms with van der Waals surface area (Å²) >= 11 is 0. The van der Waals surface area contributed by atoms with Crippen LogP contribution in [0.3, 0.4) is 0 Å². The van der Waals surface area contributed by atoms with E-state index in [1.54, 1.807) is 12.1 Å². The highest BCUT2D eigenvalue weighted by molar-refractivity contribution is 5.88. The first-order valence-corrected chi connectivity index (χ1v) is 4.59. The average Bonchev–Trinajstić information content (AvgIpc) is 2.28. The molecule has 3 nitrogen and oxygen atoms in total. The maximum atomic E-state index is 10.7.